The van der Waals surface area contributed by atoms with Gasteiger partial charge in [-0.3, -0.25) is 10.1 Å². The van der Waals surface area contributed by atoms with Crippen molar-refractivity contribution in [1.29, 1.82) is 0 Å². The van der Waals surface area contributed by atoms with E-state index >= 15 is 0 Å². The first-order chi connectivity index (χ1) is 16.0. The number of aromatic nitrogens is 5. The third-order valence-electron chi connectivity index (χ3n) is 5.80. The van der Waals surface area contributed by atoms with Crippen molar-refractivity contribution < 1.29 is 9.53 Å². The van der Waals surface area contributed by atoms with E-state index in [2.05, 4.69) is 30.3 Å². The molecule has 1 aliphatic heterocycles. The molecule has 1 aromatic carbocycles. The zero-order chi connectivity index (χ0) is 22.9. The highest BCUT2D eigenvalue weighted by Crippen LogP contribution is 2.29. The number of nitrogens with one attached hydrogen (secondary N) is 1. The van der Waals surface area contributed by atoms with Gasteiger partial charge in [-0.05, 0) is 44.9 Å². The van der Waals surface area contributed by atoms with Gasteiger partial charge in [0.15, 0.2) is 0 Å². The predicted octanol–water partition coefficient (Wildman–Crippen LogP) is 3.73. The number of nitrogens with zero attached hydrogens (tertiary/aromatic N) is 6. The van der Waals surface area contributed by atoms with E-state index in [1.54, 1.807) is 11.6 Å². The number of piperidine rings is 1. The smallest absolute Gasteiger partial charge is 0.250 e. The molecule has 4 heterocycles. The molecule has 1 amide bonds. The molecule has 10 heteroatoms. The van der Waals surface area contributed by atoms with Crippen molar-refractivity contribution in [3.05, 3.63) is 47.1 Å². The Balaban J connectivity index is 1.26. The number of hydrogen-bond acceptors (Lipinski definition) is 8. The fraction of sp³-hybridized carbons (Fsp3) is 0.348. The summed E-state index contributed by atoms with van der Waals surface area (Å²) in [7, 11) is 1.64. The average Bonchev–Trinajstić information content (AvgIpc) is 3.38. The van der Waals surface area contributed by atoms with Crippen LogP contribution in [0.15, 0.2) is 35.7 Å². The van der Waals surface area contributed by atoms with Crippen LogP contribution in [0.25, 0.3) is 16.2 Å². The summed E-state index contributed by atoms with van der Waals surface area (Å²) in [5, 5.41) is 9.45. The van der Waals surface area contributed by atoms with Crippen LogP contribution in [0, 0.1) is 19.8 Å². The van der Waals surface area contributed by atoms with Gasteiger partial charge in [0.05, 0.1) is 12.8 Å². The molecular formula is C23H25N7O2S. The van der Waals surface area contributed by atoms with E-state index in [0.29, 0.717) is 5.95 Å². The van der Waals surface area contributed by atoms with Crippen LogP contribution < -0.4 is 15.0 Å². The van der Waals surface area contributed by atoms with Crippen LogP contribution in [-0.2, 0) is 4.79 Å². The molecule has 0 spiro atoms. The first-order valence-corrected chi connectivity index (χ1v) is 11.7. The van der Waals surface area contributed by atoms with Crippen molar-refractivity contribution in [2.45, 2.75) is 26.7 Å². The van der Waals surface area contributed by atoms with Crippen molar-refractivity contribution in [2.24, 2.45) is 5.92 Å². The number of carbonyl (C=O) groups excluding carboxylic acids is 1. The van der Waals surface area contributed by atoms with Gasteiger partial charge in [0.2, 0.25) is 22.8 Å². The molecule has 9 nitrogen and oxygen atoms in total. The average molecular weight is 464 g/mol. The Labute approximate surface area is 195 Å². The minimum absolute atomic E-state index is 0.0443. The maximum atomic E-state index is 12.9. The molecule has 1 saturated heterocycles. The van der Waals surface area contributed by atoms with E-state index in [1.165, 1.54) is 11.3 Å². The number of carbonyl (C=O) groups is 1. The minimum Gasteiger partial charge on any atom is -0.497 e. The number of anilines is 2. The Kier molecular flexibility index (Phi) is 5.67. The van der Waals surface area contributed by atoms with Crippen molar-refractivity contribution in [1.82, 2.24) is 24.6 Å². The summed E-state index contributed by atoms with van der Waals surface area (Å²) in [5.74, 6) is 1.71. The first-order valence-electron chi connectivity index (χ1n) is 10.9. The van der Waals surface area contributed by atoms with Gasteiger partial charge in [-0.1, -0.05) is 12.1 Å². The number of methoxy groups -OCH3 is 1. The highest BCUT2D eigenvalue weighted by Gasteiger charge is 2.27. The summed E-state index contributed by atoms with van der Waals surface area (Å²) in [4.78, 5) is 29.3. The predicted molar refractivity (Wildman–Crippen MR) is 128 cm³/mol. The third kappa shape index (κ3) is 4.38. The number of aryl methyl sites for hydroxylation is 2. The van der Waals surface area contributed by atoms with Crippen LogP contribution >= 0.6 is 11.3 Å². The summed E-state index contributed by atoms with van der Waals surface area (Å²) in [6.45, 7) is 5.43. The highest BCUT2D eigenvalue weighted by atomic mass is 32.1. The number of fused-ring (bicyclic) bond motifs is 1. The monoisotopic (exact) mass is 463 g/mol. The van der Waals surface area contributed by atoms with Gasteiger partial charge in [0.1, 0.15) is 5.75 Å². The quantitative estimate of drug-likeness (QED) is 0.482. The summed E-state index contributed by atoms with van der Waals surface area (Å²) in [6, 6.07) is 9.75. The number of amides is 1. The van der Waals surface area contributed by atoms with E-state index in [0.717, 1.165) is 65.2 Å². The van der Waals surface area contributed by atoms with Crippen LogP contribution in [0.1, 0.15) is 24.2 Å². The zero-order valence-corrected chi connectivity index (χ0v) is 19.6. The molecule has 4 aromatic rings. The van der Waals surface area contributed by atoms with Crippen LogP contribution in [0.2, 0.25) is 0 Å². The van der Waals surface area contributed by atoms with Gasteiger partial charge in [0.25, 0.3) is 0 Å². The van der Waals surface area contributed by atoms with E-state index in [-0.39, 0.29) is 11.8 Å². The van der Waals surface area contributed by atoms with Crippen LogP contribution in [0.3, 0.4) is 0 Å². The molecule has 1 N–H and O–H groups in total. The number of ether oxygens (including phenoxy) is 1. The molecule has 0 bridgehead atoms. The summed E-state index contributed by atoms with van der Waals surface area (Å²) in [6.07, 6.45) is 1.47. The topological polar surface area (TPSA) is 97.5 Å². The van der Waals surface area contributed by atoms with Crippen LogP contribution in [-0.4, -0.2) is 50.7 Å². The Morgan fingerprint density at radius 2 is 1.88 bits per heavy atom. The lowest BCUT2D eigenvalue weighted by atomic mass is 9.96. The van der Waals surface area contributed by atoms with Gasteiger partial charge in [-0.25, -0.2) is 14.5 Å². The van der Waals surface area contributed by atoms with E-state index in [4.69, 9.17) is 4.74 Å². The third-order valence-corrected chi connectivity index (χ3v) is 6.62. The number of rotatable bonds is 5. The zero-order valence-electron chi connectivity index (χ0n) is 18.8. The number of hydrogen-bond donors (Lipinski definition) is 1. The highest BCUT2D eigenvalue weighted by molar-refractivity contribution is 7.15. The molecule has 170 valence electrons. The van der Waals surface area contributed by atoms with E-state index < -0.39 is 0 Å². The van der Waals surface area contributed by atoms with Crippen molar-refractivity contribution >= 4 is 34.1 Å². The fourth-order valence-corrected chi connectivity index (χ4v) is 4.95. The molecule has 5 rings (SSSR count). The Morgan fingerprint density at radius 1 is 1.12 bits per heavy atom. The van der Waals surface area contributed by atoms with Crippen LogP contribution in [0.4, 0.5) is 11.9 Å². The Bertz CT molecular complexity index is 1290. The second kappa shape index (κ2) is 8.78. The van der Waals surface area contributed by atoms with Gasteiger partial charge >= 0.3 is 0 Å². The Hall–Kier alpha value is -3.53. The molecule has 1 fully saturated rings. The van der Waals surface area contributed by atoms with E-state index in [1.807, 2.05) is 49.6 Å². The molecular weight excluding hydrogens is 438 g/mol. The standard InChI is InChI=1S/C23H25N7O2S/c1-14-11-15(2)25-22(24-14)29-9-7-16(8-10-29)20(31)26-21-27-23-30(28-21)19(13-33-23)17-5-4-6-18(12-17)32-3/h4-6,11-13,16H,7-10H2,1-3H3,(H,26,28,31). The molecule has 0 aliphatic carbocycles. The minimum atomic E-state index is -0.0912. The maximum absolute atomic E-state index is 12.9. The lowest BCUT2D eigenvalue weighted by molar-refractivity contribution is -0.120. The molecule has 0 radical (unpaired) electrons. The van der Waals surface area contributed by atoms with Gasteiger partial charge in [-0.2, -0.15) is 4.98 Å². The number of thiazole rings is 1. The molecule has 1 aliphatic rings. The lowest BCUT2D eigenvalue weighted by Crippen LogP contribution is -2.39. The summed E-state index contributed by atoms with van der Waals surface area (Å²) >= 11 is 1.48. The van der Waals surface area contributed by atoms with Gasteiger partial charge in [-0.15, -0.1) is 16.4 Å². The van der Waals surface area contributed by atoms with Gasteiger partial charge < -0.3 is 9.64 Å². The summed E-state index contributed by atoms with van der Waals surface area (Å²) in [5.41, 5.74) is 3.79. The molecule has 3 aromatic heterocycles. The summed E-state index contributed by atoms with van der Waals surface area (Å²) < 4.78 is 7.09. The largest absolute Gasteiger partial charge is 0.497 e. The first kappa shape index (κ1) is 21.3. The molecule has 0 atom stereocenters. The van der Waals surface area contributed by atoms with Gasteiger partial charge in [0, 0.05) is 41.3 Å². The maximum Gasteiger partial charge on any atom is 0.250 e. The second-order valence-corrected chi connectivity index (χ2v) is 9.02. The van der Waals surface area contributed by atoms with Crippen LogP contribution in [0.5, 0.6) is 5.75 Å². The van der Waals surface area contributed by atoms with Crippen molar-refractivity contribution in [3.63, 3.8) is 0 Å². The fourth-order valence-electron chi connectivity index (χ4n) is 4.12. The Morgan fingerprint density at radius 3 is 2.61 bits per heavy atom. The van der Waals surface area contributed by atoms with Crippen molar-refractivity contribution in [3.8, 4) is 17.0 Å². The van der Waals surface area contributed by atoms with E-state index in [9.17, 15) is 4.79 Å². The molecule has 33 heavy (non-hydrogen) atoms. The normalized spacial score (nSPS) is 14.6. The number of benzene rings is 1. The van der Waals surface area contributed by atoms with Crippen molar-refractivity contribution in [2.75, 3.05) is 30.4 Å². The lowest BCUT2D eigenvalue weighted by Gasteiger charge is -2.31. The molecule has 0 saturated carbocycles. The second-order valence-electron chi connectivity index (χ2n) is 8.18. The molecule has 0 unspecified atom stereocenters. The SMILES string of the molecule is COc1cccc(-c2csc3nc(NC(=O)C4CCN(c5nc(C)cc(C)n5)CC4)nn23)c1.